The fourth-order valence-electron chi connectivity index (χ4n) is 1.86. The van der Waals surface area contributed by atoms with Crippen LogP contribution in [0.4, 0.5) is 15.8 Å². The van der Waals surface area contributed by atoms with Crippen molar-refractivity contribution < 1.29 is 14.0 Å². The van der Waals surface area contributed by atoms with Gasteiger partial charge in [0.1, 0.15) is 5.82 Å². The molecule has 1 aromatic rings. The second-order valence-electron chi connectivity index (χ2n) is 4.35. The minimum absolute atomic E-state index is 0.0433. The van der Waals surface area contributed by atoms with E-state index in [9.17, 15) is 14.0 Å². The van der Waals surface area contributed by atoms with Crippen LogP contribution in [0, 0.1) is 5.82 Å². The summed E-state index contributed by atoms with van der Waals surface area (Å²) >= 11 is 0. The van der Waals surface area contributed by atoms with Crippen LogP contribution in [0.3, 0.4) is 0 Å². The zero-order chi connectivity index (χ0) is 13.8. The molecule has 102 valence electrons. The van der Waals surface area contributed by atoms with Gasteiger partial charge in [-0.1, -0.05) is 0 Å². The fraction of sp³-hybridized carbons (Fsp3) is 0.333. The molecule has 0 atom stereocenters. The lowest BCUT2D eigenvalue weighted by Gasteiger charge is -2.25. The largest absolute Gasteiger partial charge is 0.399 e. The topological polar surface area (TPSA) is 87.5 Å². The summed E-state index contributed by atoms with van der Waals surface area (Å²) in [6.07, 6.45) is 0. The van der Waals surface area contributed by atoms with Crippen molar-refractivity contribution in [3.63, 3.8) is 0 Å². The second-order valence-corrected chi connectivity index (χ2v) is 4.35. The Morgan fingerprint density at radius 3 is 3.05 bits per heavy atom. The molecule has 4 N–H and O–H groups in total. The summed E-state index contributed by atoms with van der Waals surface area (Å²) in [5.41, 5.74) is 5.94. The third-order valence-corrected chi connectivity index (χ3v) is 2.75. The molecular formula is C12H15FN4O2. The number of carbonyl (C=O) groups is 2. The van der Waals surface area contributed by atoms with Crippen LogP contribution in [0.5, 0.6) is 0 Å². The van der Waals surface area contributed by atoms with E-state index in [2.05, 4.69) is 10.6 Å². The first kappa shape index (κ1) is 13.3. The van der Waals surface area contributed by atoms with Crippen molar-refractivity contribution in [2.24, 2.45) is 0 Å². The van der Waals surface area contributed by atoms with E-state index in [0.717, 1.165) is 0 Å². The molecule has 7 heteroatoms. The number of anilines is 2. The Labute approximate surface area is 109 Å². The molecule has 0 saturated carbocycles. The molecule has 1 saturated heterocycles. The van der Waals surface area contributed by atoms with Gasteiger partial charge in [-0.05, 0) is 18.2 Å². The minimum Gasteiger partial charge on any atom is -0.399 e. The first-order valence-corrected chi connectivity index (χ1v) is 5.88. The van der Waals surface area contributed by atoms with E-state index in [4.69, 9.17) is 5.73 Å². The number of carbonyl (C=O) groups excluding carboxylic acids is 2. The second kappa shape index (κ2) is 5.66. The molecule has 1 heterocycles. The maximum absolute atomic E-state index is 13.4. The van der Waals surface area contributed by atoms with E-state index in [1.165, 1.54) is 18.2 Å². The normalized spacial score (nSPS) is 15.9. The van der Waals surface area contributed by atoms with Gasteiger partial charge in [-0.2, -0.15) is 0 Å². The van der Waals surface area contributed by atoms with E-state index in [1.807, 2.05) is 0 Å². The molecule has 0 spiro atoms. The van der Waals surface area contributed by atoms with Crippen LogP contribution in [0.1, 0.15) is 0 Å². The number of nitrogens with two attached hydrogens (primary N) is 1. The quantitative estimate of drug-likeness (QED) is 0.660. The van der Waals surface area contributed by atoms with E-state index in [-0.39, 0.29) is 30.6 Å². The van der Waals surface area contributed by atoms with Crippen LogP contribution in [-0.2, 0) is 9.59 Å². The smallest absolute Gasteiger partial charge is 0.238 e. The van der Waals surface area contributed by atoms with Crippen LogP contribution < -0.4 is 16.4 Å². The summed E-state index contributed by atoms with van der Waals surface area (Å²) in [7, 11) is 0. The molecule has 1 aromatic carbocycles. The van der Waals surface area contributed by atoms with Crippen LogP contribution in [0.2, 0.25) is 0 Å². The van der Waals surface area contributed by atoms with E-state index < -0.39 is 5.82 Å². The Hall–Kier alpha value is -2.15. The summed E-state index contributed by atoms with van der Waals surface area (Å²) in [5.74, 6) is -1.03. The average Bonchev–Trinajstić information content (AvgIpc) is 2.34. The number of hydrogen-bond donors (Lipinski definition) is 3. The van der Waals surface area contributed by atoms with Gasteiger partial charge in [-0.25, -0.2) is 4.39 Å². The summed E-state index contributed by atoms with van der Waals surface area (Å²) < 4.78 is 13.4. The molecule has 1 fully saturated rings. The molecule has 1 aliphatic heterocycles. The molecule has 2 amide bonds. The van der Waals surface area contributed by atoms with Gasteiger partial charge in [-0.15, -0.1) is 0 Å². The average molecular weight is 266 g/mol. The van der Waals surface area contributed by atoms with Crippen LogP contribution in [0.25, 0.3) is 0 Å². The van der Waals surface area contributed by atoms with Crippen molar-refractivity contribution in [3.8, 4) is 0 Å². The van der Waals surface area contributed by atoms with E-state index in [1.54, 1.807) is 4.90 Å². The summed E-state index contributed by atoms with van der Waals surface area (Å²) in [4.78, 5) is 24.6. The Bertz CT molecular complexity index is 507. The van der Waals surface area contributed by atoms with Crippen molar-refractivity contribution in [2.45, 2.75) is 0 Å². The lowest BCUT2D eigenvalue weighted by Crippen LogP contribution is -2.49. The Balaban J connectivity index is 1.93. The monoisotopic (exact) mass is 266 g/mol. The van der Waals surface area contributed by atoms with Gasteiger partial charge < -0.3 is 16.4 Å². The number of halogens is 1. The Morgan fingerprint density at radius 1 is 1.53 bits per heavy atom. The predicted molar refractivity (Wildman–Crippen MR) is 68.9 cm³/mol. The first-order valence-electron chi connectivity index (χ1n) is 5.88. The van der Waals surface area contributed by atoms with Gasteiger partial charge in [0.2, 0.25) is 11.8 Å². The minimum atomic E-state index is -0.543. The van der Waals surface area contributed by atoms with E-state index in [0.29, 0.717) is 18.8 Å². The predicted octanol–water partition coefficient (Wildman–Crippen LogP) is -0.222. The summed E-state index contributed by atoms with van der Waals surface area (Å²) in [5, 5.41) is 5.11. The highest BCUT2D eigenvalue weighted by molar-refractivity contribution is 5.93. The van der Waals surface area contributed by atoms with E-state index >= 15 is 0 Å². The van der Waals surface area contributed by atoms with Crippen molar-refractivity contribution in [1.82, 2.24) is 10.2 Å². The van der Waals surface area contributed by atoms with Gasteiger partial charge in [0.15, 0.2) is 0 Å². The standard InChI is InChI=1S/C12H15FN4O2/c13-9-2-1-8(14)5-10(9)16-12(19)7-17-4-3-15-11(18)6-17/h1-2,5H,3-4,6-7,14H2,(H,15,18)(H,16,19). The number of piperazine rings is 1. The van der Waals surface area contributed by atoms with Gasteiger partial charge in [-0.3, -0.25) is 14.5 Å². The van der Waals surface area contributed by atoms with Crippen molar-refractivity contribution in [1.29, 1.82) is 0 Å². The highest BCUT2D eigenvalue weighted by atomic mass is 19.1. The molecule has 6 nitrogen and oxygen atoms in total. The zero-order valence-corrected chi connectivity index (χ0v) is 10.3. The van der Waals surface area contributed by atoms with Crippen LogP contribution in [0.15, 0.2) is 18.2 Å². The SMILES string of the molecule is Nc1ccc(F)c(NC(=O)CN2CCNC(=O)C2)c1. The molecule has 19 heavy (non-hydrogen) atoms. The molecule has 0 aromatic heterocycles. The summed E-state index contributed by atoms with van der Waals surface area (Å²) in [6, 6.07) is 3.97. The molecule has 2 rings (SSSR count). The number of benzene rings is 1. The van der Waals surface area contributed by atoms with Crippen LogP contribution in [-0.4, -0.2) is 42.9 Å². The summed E-state index contributed by atoms with van der Waals surface area (Å²) in [6.45, 7) is 1.33. The highest BCUT2D eigenvalue weighted by Crippen LogP contribution is 2.17. The number of amides is 2. The molecule has 0 radical (unpaired) electrons. The van der Waals surface area contributed by atoms with Gasteiger partial charge >= 0.3 is 0 Å². The van der Waals surface area contributed by atoms with Crippen molar-refractivity contribution in [3.05, 3.63) is 24.0 Å². The van der Waals surface area contributed by atoms with Gasteiger partial charge in [0, 0.05) is 18.8 Å². The molecule has 1 aliphatic rings. The number of nitrogen functional groups attached to an aromatic ring is 1. The number of nitrogens with one attached hydrogen (secondary N) is 2. The molecular weight excluding hydrogens is 251 g/mol. The van der Waals surface area contributed by atoms with Gasteiger partial charge in [0.25, 0.3) is 0 Å². The number of nitrogens with zero attached hydrogens (tertiary/aromatic N) is 1. The van der Waals surface area contributed by atoms with Gasteiger partial charge in [0.05, 0.1) is 18.8 Å². The highest BCUT2D eigenvalue weighted by Gasteiger charge is 2.19. The third-order valence-electron chi connectivity index (χ3n) is 2.75. The zero-order valence-electron chi connectivity index (χ0n) is 10.3. The third kappa shape index (κ3) is 3.65. The van der Waals surface area contributed by atoms with Crippen molar-refractivity contribution in [2.75, 3.05) is 37.2 Å². The molecule has 0 aliphatic carbocycles. The number of rotatable bonds is 3. The molecule has 0 unspecified atom stereocenters. The lowest BCUT2D eigenvalue weighted by atomic mass is 10.2. The number of hydrogen-bond acceptors (Lipinski definition) is 4. The van der Waals surface area contributed by atoms with Crippen molar-refractivity contribution >= 4 is 23.2 Å². The fourth-order valence-corrected chi connectivity index (χ4v) is 1.86. The maximum Gasteiger partial charge on any atom is 0.238 e. The Morgan fingerprint density at radius 2 is 2.32 bits per heavy atom. The molecule has 0 bridgehead atoms. The van der Waals surface area contributed by atoms with Crippen LogP contribution >= 0.6 is 0 Å². The first-order chi connectivity index (χ1) is 9.04. The lowest BCUT2D eigenvalue weighted by molar-refractivity contribution is -0.125. The Kier molecular flexibility index (Phi) is 3.96. The maximum atomic E-state index is 13.4.